The summed E-state index contributed by atoms with van der Waals surface area (Å²) < 4.78 is 6.84. The van der Waals surface area contributed by atoms with Gasteiger partial charge in [-0.1, -0.05) is 27.7 Å². The van der Waals surface area contributed by atoms with Crippen molar-refractivity contribution in [2.24, 2.45) is 5.92 Å². The molecule has 0 bridgehead atoms. The van der Waals surface area contributed by atoms with Crippen molar-refractivity contribution in [3.05, 3.63) is 28.2 Å². The second-order valence-corrected chi connectivity index (χ2v) is 9.99. The number of rotatable bonds is 7. The van der Waals surface area contributed by atoms with Gasteiger partial charge in [0.25, 0.3) is 5.24 Å². The van der Waals surface area contributed by atoms with Gasteiger partial charge >= 0.3 is 0 Å². The number of amides is 1. The summed E-state index contributed by atoms with van der Waals surface area (Å²) in [5.74, 6) is 1.69. The van der Waals surface area contributed by atoms with Crippen LogP contribution in [0.3, 0.4) is 0 Å². The fraction of sp³-hybridized carbons (Fsp3) is 0.667. The predicted molar refractivity (Wildman–Crippen MR) is 117 cm³/mol. The van der Waals surface area contributed by atoms with E-state index in [0.717, 1.165) is 44.3 Å². The van der Waals surface area contributed by atoms with E-state index in [4.69, 9.17) is 4.74 Å². The molecule has 1 unspecified atom stereocenters. The van der Waals surface area contributed by atoms with Crippen molar-refractivity contribution in [2.45, 2.75) is 51.3 Å². The lowest BCUT2D eigenvalue weighted by Crippen LogP contribution is -2.40. The van der Waals surface area contributed by atoms with Gasteiger partial charge in [0.1, 0.15) is 5.75 Å². The minimum absolute atomic E-state index is 0.254. The molecule has 4 nitrogen and oxygen atoms in total. The summed E-state index contributed by atoms with van der Waals surface area (Å²) in [6.45, 7) is 11.1. The average molecular weight is 455 g/mol. The van der Waals surface area contributed by atoms with E-state index in [2.05, 4.69) is 46.8 Å². The first-order valence-corrected chi connectivity index (χ1v) is 11.7. The van der Waals surface area contributed by atoms with Crippen molar-refractivity contribution in [2.75, 3.05) is 32.8 Å². The van der Waals surface area contributed by atoms with Gasteiger partial charge in [-0.15, -0.1) is 0 Å². The van der Waals surface area contributed by atoms with E-state index in [1.165, 1.54) is 34.6 Å². The van der Waals surface area contributed by atoms with Crippen molar-refractivity contribution in [1.82, 2.24) is 9.80 Å². The van der Waals surface area contributed by atoms with Gasteiger partial charge in [-0.3, -0.25) is 4.79 Å². The van der Waals surface area contributed by atoms with Gasteiger partial charge in [0.2, 0.25) is 0 Å². The quantitative estimate of drug-likeness (QED) is 0.576. The van der Waals surface area contributed by atoms with Crippen LogP contribution in [-0.4, -0.2) is 59.1 Å². The van der Waals surface area contributed by atoms with Crippen molar-refractivity contribution < 1.29 is 9.53 Å². The maximum absolute atomic E-state index is 12.1. The first kappa shape index (κ1) is 21.0. The second-order valence-electron chi connectivity index (χ2n) is 7.89. The minimum Gasteiger partial charge on any atom is -0.494 e. The number of carbonyl (C=O) groups is 1. The molecule has 1 amide bonds. The van der Waals surface area contributed by atoms with Crippen LogP contribution < -0.4 is 4.74 Å². The highest BCUT2D eigenvalue weighted by Gasteiger charge is 2.33. The molecule has 2 aliphatic rings. The zero-order valence-corrected chi connectivity index (χ0v) is 19.0. The molecular weight excluding hydrogens is 424 g/mol. The monoisotopic (exact) mass is 454 g/mol. The van der Waals surface area contributed by atoms with Crippen LogP contribution >= 0.6 is 27.7 Å². The van der Waals surface area contributed by atoms with Crippen LogP contribution in [0.5, 0.6) is 5.75 Å². The third kappa shape index (κ3) is 5.64. The molecular formula is C21H31BrN2O2S. The molecule has 0 aromatic heterocycles. The largest absolute Gasteiger partial charge is 0.494 e. The number of nitrogens with zero attached hydrogens (tertiary/aromatic N) is 2. The molecule has 0 radical (unpaired) electrons. The Bertz CT molecular complexity index is 647. The molecule has 2 heterocycles. The molecule has 27 heavy (non-hydrogen) atoms. The number of thioether (sulfide) groups is 1. The number of likely N-dealkylation sites (tertiary alicyclic amines) is 1. The fourth-order valence-corrected chi connectivity index (χ4v) is 5.63. The second kappa shape index (κ2) is 9.66. The van der Waals surface area contributed by atoms with E-state index in [-0.39, 0.29) is 5.24 Å². The zero-order valence-electron chi connectivity index (χ0n) is 16.6. The number of hydrogen-bond donors (Lipinski definition) is 0. The summed E-state index contributed by atoms with van der Waals surface area (Å²) in [7, 11) is 0. The van der Waals surface area contributed by atoms with Crippen molar-refractivity contribution in [1.29, 1.82) is 0 Å². The average Bonchev–Trinajstić information content (AvgIpc) is 3.00. The number of piperidine rings is 1. The molecule has 0 aliphatic carbocycles. The molecule has 2 fully saturated rings. The predicted octanol–water partition coefficient (Wildman–Crippen LogP) is 5.05. The standard InChI is InChI=1S/C21H31BrN2O2S/c1-4-26-18-5-6-20(22)17(12-18)11-16-7-9-23(10-8-16)13-19-14-24(15(2)3)21(25)27-19/h5-6,12,15-16,19H,4,7-11,13-14H2,1-3H3. The Morgan fingerprint density at radius 2 is 2.04 bits per heavy atom. The van der Waals surface area contributed by atoms with Crippen LogP contribution in [0, 0.1) is 5.92 Å². The summed E-state index contributed by atoms with van der Waals surface area (Å²) in [4.78, 5) is 16.6. The first-order chi connectivity index (χ1) is 13.0. The van der Waals surface area contributed by atoms with E-state index in [1.54, 1.807) is 0 Å². The molecule has 2 saturated heterocycles. The van der Waals surface area contributed by atoms with Crippen LogP contribution in [0.4, 0.5) is 4.79 Å². The van der Waals surface area contributed by atoms with E-state index in [9.17, 15) is 4.79 Å². The Kier molecular flexibility index (Phi) is 7.51. The smallest absolute Gasteiger partial charge is 0.282 e. The van der Waals surface area contributed by atoms with Gasteiger partial charge in [0.05, 0.1) is 6.61 Å². The van der Waals surface area contributed by atoms with Crippen LogP contribution in [0.25, 0.3) is 0 Å². The normalized spacial score (nSPS) is 22.0. The van der Waals surface area contributed by atoms with Crippen molar-refractivity contribution in [3.63, 3.8) is 0 Å². The van der Waals surface area contributed by atoms with Crippen molar-refractivity contribution in [3.8, 4) is 5.75 Å². The Labute approximate surface area is 176 Å². The Morgan fingerprint density at radius 3 is 2.67 bits per heavy atom. The summed E-state index contributed by atoms with van der Waals surface area (Å²) >= 11 is 5.23. The molecule has 0 N–H and O–H groups in total. The van der Waals surface area contributed by atoms with Gasteiger partial charge in [-0.25, -0.2) is 0 Å². The SMILES string of the molecule is CCOc1ccc(Br)c(CC2CCN(CC3CN(C(C)C)C(=O)S3)CC2)c1. The molecule has 0 spiro atoms. The first-order valence-electron chi connectivity index (χ1n) is 10.1. The molecule has 1 aromatic carbocycles. The van der Waals surface area contributed by atoms with E-state index in [0.29, 0.717) is 17.9 Å². The third-order valence-electron chi connectivity index (χ3n) is 5.53. The molecule has 1 aromatic rings. The summed E-state index contributed by atoms with van der Waals surface area (Å²) in [5, 5.41) is 0.678. The van der Waals surface area contributed by atoms with Gasteiger partial charge in [0.15, 0.2) is 0 Å². The van der Waals surface area contributed by atoms with Gasteiger partial charge in [-0.2, -0.15) is 0 Å². The number of benzene rings is 1. The number of hydrogen-bond acceptors (Lipinski definition) is 4. The Morgan fingerprint density at radius 1 is 1.30 bits per heavy atom. The Hall–Kier alpha value is -0.720. The summed E-state index contributed by atoms with van der Waals surface area (Å²) in [5.41, 5.74) is 1.35. The van der Waals surface area contributed by atoms with Gasteiger partial charge < -0.3 is 14.5 Å². The van der Waals surface area contributed by atoms with E-state index in [1.807, 2.05) is 17.9 Å². The highest BCUT2D eigenvalue weighted by atomic mass is 79.9. The lowest BCUT2D eigenvalue weighted by Gasteiger charge is -2.33. The lowest BCUT2D eigenvalue weighted by atomic mass is 9.90. The van der Waals surface area contributed by atoms with Gasteiger partial charge in [-0.05, 0) is 82.8 Å². The van der Waals surface area contributed by atoms with Crippen molar-refractivity contribution >= 4 is 32.9 Å². The number of ether oxygens (including phenoxy) is 1. The maximum atomic E-state index is 12.1. The molecule has 3 rings (SSSR count). The maximum Gasteiger partial charge on any atom is 0.282 e. The number of carbonyl (C=O) groups excluding carboxylic acids is 1. The van der Waals surface area contributed by atoms with Crippen LogP contribution in [-0.2, 0) is 6.42 Å². The topological polar surface area (TPSA) is 32.8 Å². The molecule has 2 aliphatic heterocycles. The molecule has 0 saturated carbocycles. The lowest BCUT2D eigenvalue weighted by molar-refractivity contribution is 0.176. The Balaban J connectivity index is 1.47. The van der Waals surface area contributed by atoms with E-state index < -0.39 is 0 Å². The molecule has 1 atom stereocenters. The molecule has 6 heteroatoms. The van der Waals surface area contributed by atoms with E-state index >= 15 is 0 Å². The van der Waals surface area contributed by atoms with Crippen LogP contribution in [0.2, 0.25) is 0 Å². The minimum atomic E-state index is 0.254. The zero-order chi connectivity index (χ0) is 19.4. The highest BCUT2D eigenvalue weighted by molar-refractivity contribution is 9.10. The fourth-order valence-electron chi connectivity index (χ4n) is 3.99. The third-order valence-corrected chi connectivity index (χ3v) is 7.37. The summed E-state index contributed by atoms with van der Waals surface area (Å²) in [6, 6.07) is 6.62. The summed E-state index contributed by atoms with van der Waals surface area (Å²) in [6.07, 6.45) is 3.56. The van der Waals surface area contributed by atoms with Crippen LogP contribution in [0.15, 0.2) is 22.7 Å². The number of halogens is 1. The highest BCUT2D eigenvalue weighted by Crippen LogP contribution is 2.31. The molecule has 150 valence electrons. The van der Waals surface area contributed by atoms with Gasteiger partial charge in [0, 0.05) is 28.9 Å². The van der Waals surface area contributed by atoms with Crippen LogP contribution in [0.1, 0.15) is 39.2 Å².